The Morgan fingerprint density at radius 2 is 1.86 bits per heavy atom. The zero-order valence-corrected chi connectivity index (χ0v) is 21.4. The Morgan fingerprint density at radius 1 is 1.14 bits per heavy atom. The summed E-state index contributed by atoms with van der Waals surface area (Å²) in [5.41, 5.74) is 2.78. The van der Waals surface area contributed by atoms with Gasteiger partial charge in [-0.05, 0) is 39.0 Å². The lowest BCUT2D eigenvalue weighted by atomic mass is 10.1. The van der Waals surface area contributed by atoms with Crippen molar-refractivity contribution >= 4 is 23.6 Å². The largest absolute Gasteiger partial charge is 0.497 e. The fourth-order valence-corrected chi connectivity index (χ4v) is 4.06. The standard InChI is InChI=1S/C25H31N7O5/c1-5-37-25(35)31-11-9-30(10-12-31)24(34)17(3)32-15-22(16(2)29-32)26-23(33)21-14-20(27-28-21)18-7-6-8-19(13-18)36-4/h6-8,13-15,17H,5,9-12H2,1-4H3,(H,26,33)(H,27,28). The maximum Gasteiger partial charge on any atom is 0.409 e. The Labute approximate surface area is 214 Å². The van der Waals surface area contributed by atoms with Crippen LogP contribution in [-0.2, 0) is 9.53 Å². The lowest BCUT2D eigenvalue weighted by molar-refractivity contribution is -0.136. The molecule has 0 spiro atoms. The highest BCUT2D eigenvalue weighted by Gasteiger charge is 2.29. The molecular weight excluding hydrogens is 478 g/mol. The minimum atomic E-state index is -0.578. The van der Waals surface area contributed by atoms with Crippen molar-refractivity contribution in [2.45, 2.75) is 26.8 Å². The van der Waals surface area contributed by atoms with Gasteiger partial charge in [0.2, 0.25) is 5.91 Å². The van der Waals surface area contributed by atoms with Gasteiger partial charge in [-0.15, -0.1) is 0 Å². The first kappa shape index (κ1) is 25.7. The molecule has 12 nitrogen and oxygen atoms in total. The molecule has 37 heavy (non-hydrogen) atoms. The van der Waals surface area contributed by atoms with Crippen LogP contribution in [0.2, 0.25) is 0 Å². The minimum Gasteiger partial charge on any atom is -0.497 e. The number of aromatic nitrogens is 4. The Balaban J connectivity index is 1.38. The zero-order valence-electron chi connectivity index (χ0n) is 21.4. The summed E-state index contributed by atoms with van der Waals surface area (Å²) >= 11 is 0. The van der Waals surface area contributed by atoms with Crippen LogP contribution in [0.25, 0.3) is 11.3 Å². The van der Waals surface area contributed by atoms with Crippen LogP contribution in [0.1, 0.15) is 36.1 Å². The summed E-state index contributed by atoms with van der Waals surface area (Å²) in [6.07, 6.45) is 1.28. The molecule has 12 heteroatoms. The van der Waals surface area contributed by atoms with E-state index in [0.717, 1.165) is 5.56 Å². The fraction of sp³-hybridized carbons (Fsp3) is 0.400. The number of carbonyl (C=O) groups excluding carboxylic acids is 3. The van der Waals surface area contributed by atoms with Crippen molar-refractivity contribution in [2.24, 2.45) is 0 Å². The van der Waals surface area contributed by atoms with E-state index in [1.54, 1.807) is 54.6 Å². The van der Waals surface area contributed by atoms with Crippen molar-refractivity contribution in [1.29, 1.82) is 0 Å². The van der Waals surface area contributed by atoms with Crippen LogP contribution in [0.3, 0.4) is 0 Å². The summed E-state index contributed by atoms with van der Waals surface area (Å²) in [6, 6.07) is 8.48. The Kier molecular flexibility index (Phi) is 7.75. The highest BCUT2D eigenvalue weighted by atomic mass is 16.6. The quantitative estimate of drug-likeness (QED) is 0.500. The molecule has 0 bridgehead atoms. The predicted molar refractivity (Wildman–Crippen MR) is 135 cm³/mol. The summed E-state index contributed by atoms with van der Waals surface area (Å²) in [6.45, 7) is 7.26. The van der Waals surface area contributed by atoms with Gasteiger partial charge >= 0.3 is 6.09 Å². The van der Waals surface area contributed by atoms with Gasteiger partial charge in [0.05, 0.1) is 30.8 Å². The molecule has 3 aromatic rings. The van der Waals surface area contributed by atoms with E-state index in [9.17, 15) is 14.4 Å². The number of aromatic amines is 1. The van der Waals surface area contributed by atoms with Crippen molar-refractivity contribution < 1.29 is 23.9 Å². The molecule has 0 radical (unpaired) electrons. The van der Waals surface area contributed by atoms with E-state index in [2.05, 4.69) is 20.6 Å². The molecule has 1 atom stereocenters. The second-order valence-corrected chi connectivity index (χ2v) is 8.65. The second kappa shape index (κ2) is 11.1. The third-order valence-corrected chi connectivity index (χ3v) is 6.22. The number of piperazine rings is 1. The third-order valence-electron chi connectivity index (χ3n) is 6.22. The molecule has 196 valence electrons. The Bertz CT molecular complexity index is 1280. The predicted octanol–water partition coefficient (Wildman–Crippen LogP) is 2.70. The van der Waals surface area contributed by atoms with Gasteiger partial charge in [-0.25, -0.2) is 4.79 Å². The van der Waals surface area contributed by atoms with Crippen LogP contribution in [0.4, 0.5) is 10.5 Å². The monoisotopic (exact) mass is 509 g/mol. The van der Waals surface area contributed by atoms with Crippen molar-refractivity contribution in [2.75, 3.05) is 45.2 Å². The molecule has 3 heterocycles. The number of H-pyrrole nitrogens is 1. The Hall–Kier alpha value is -4.35. The maximum atomic E-state index is 13.1. The molecule has 2 aromatic heterocycles. The molecule has 1 unspecified atom stereocenters. The lowest BCUT2D eigenvalue weighted by Gasteiger charge is -2.35. The normalized spacial score (nSPS) is 14.3. The van der Waals surface area contributed by atoms with Crippen LogP contribution in [-0.4, -0.2) is 87.6 Å². The molecule has 1 fully saturated rings. The smallest absolute Gasteiger partial charge is 0.409 e. The maximum absolute atomic E-state index is 13.1. The SMILES string of the molecule is CCOC(=O)N1CCN(C(=O)C(C)n2cc(NC(=O)c3cc(-c4cccc(OC)c4)n[nH]3)c(C)n2)CC1. The molecule has 1 aliphatic rings. The molecule has 1 aromatic carbocycles. The minimum absolute atomic E-state index is 0.111. The number of hydrogen-bond donors (Lipinski definition) is 2. The van der Waals surface area contributed by atoms with Crippen molar-refractivity contribution in [3.8, 4) is 17.0 Å². The first-order chi connectivity index (χ1) is 17.8. The van der Waals surface area contributed by atoms with Gasteiger partial charge in [0, 0.05) is 37.9 Å². The first-order valence-electron chi connectivity index (χ1n) is 12.1. The molecule has 0 saturated carbocycles. The summed E-state index contributed by atoms with van der Waals surface area (Å²) in [7, 11) is 1.59. The number of benzene rings is 1. The highest BCUT2D eigenvalue weighted by Crippen LogP contribution is 2.24. The van der Waals surface area contributed by atoms with Crippen LogP contribution in [0.15, 0.2) is 36.5 Å². The van der Waals surface area contributed by atoms with Gasteiger partial charge in [0.25, 0.3) is 5.91 Å². The van der Waals surface area contributed by atoms with Gasteiger partial charge in [0.1, 0.15) is 17.5 Å². The van der Waals surface area contributed by atoms with E-state index >= 15 is 0 Å². The number of amides is 3. The number of anilines is 1. The van der Waals surface area contributed by atoms with Gasteiger partial charge in [-0.2, -0.15) is 10.2 Å². The molecule has 4 rings (SSSR count). The summed E-state index contributed by atoms with van der Waals surface area (Å²) in [5, 5.41) is 14.3. The van der Waals surface area contributed by atoms with E-state index in [1.165, 1.54) is 0 Å². The van der Waals surface area contributed by atoms with Crippen molar-refractivity contribution in [1.82, 2.24) is 29.8 Å². The van der Waals surface area contributed by atoms with E-state index in [1.807, 2.05) is 24.3 Å². The van der Waals surface area contributed by atoms with E-state index in [-0.39, 0.29) is 23.6 Å². The summed E-state index contributed by atoms with van der Waals surface area (Å²) in [4.78, 5) is 41.1. The fourth-order valence-electron chi connectivity index (χ4n) is 4.06. The number of nitrogens with one attached hydrogen (secondary N) is 2. The van der Waals surface area contributed by atoms with Crippen LogP contribution >= 0.6 is 0 Å². The Morgan fingerprint density at radius 3 is 2.57 bits per heavy atom. The van der Waals surface area contributed by atoms with Crippen molar-refractivity contribution in [3.05, 3.63) is 47.9 Å². The number of methoxy groups -OCH3 is 1. The number of rotatable bonds is 7. The van der Waals surface area contributed by atoms with E-state index < -0.39 is 6.04 Å². The number of hydrogen-bond acceptors (Lipinski definition) is 7. The van der Waals surface area contributed by atoms with E-state index in [4.69, 9.17) is 9.47 Å². The zero-order chi connectivity index (χ0) is 26.5. The number of aryl methyl sites for hydroxylation is 1. The molecule has 0 aliphatic carbocycles. The summed E-state index contributed by atoms with van der Waals surface area (Å²) in [5.74, 6) is 0.206. The van der Waals surface area contributed by atoms with Crippen molar-refractivity contribution in [3.63, 3.8) is 0 Å². The van der Waals surface area contributed by atoms with Crippen LogP contribution < -0.4 is 10.1 Å². The molecule has 3 amide bonds. The number of nitrogens with zero attached hydrogens (tertiary/aromatic N) is 5. The van der Waals surface area contributed by atoms with E-state index in [0.29, 0.717) is 55.6 Å². The molecule has 1 aliphatic heterocycles. The first-order valence-corrected chi connectivity index (χ1v) is 12.1. The summed E-state index contributed by atoms with van der Waals surface area (Å²) < 4.78 is 11.8. The van der Waals surface area contributed by atoms with Gasteiger partial charge < -0.3 is 24.6 Å². The van der Waals surface area contributed by atoms with Crippen LogP contribution in [0.5, 0.6) is 5.75 Å². The number of ether oxygens (including phenoxy) is 2. The van der Waals surface area contributed by atoms with Gasteiger partial charge in [0.15, 0.2) is 0 Å². The third kappa shape index (κ3) is 5.74. The topological polar surface area (TPSA) is 135 Å². The van der Waals surface area contributed by atoms with Gasteiger partial charge in [-0.1, -0.05) is 12.1 Å². The molecule has 2 N–H and O–H groups in total. The van der Waals surface area contributed by atoms with Gasteiger partial charge in [-0.3, -0.25) is 19.4 Å². The van der Waals surface area contributed by atoms with Crippen LogP contribution in [0, 0.1) is 6.92 Å². The highest BCUT2D eigenvalue weighted by molar-refractivity contribution is 6.03. The lowest BCUT2D eigenvalue weighted by Crippen LogP contribution is -2.52. The second-order valence-electron chi connectivity index (χ2n) is 8.65. The number of carbonyl (C=O) groups is 3. The average molecular weight is 510 g/mol. The molecule has 1 saturated heterocycles. The molecular formula is C25H31N7O5. The average Bonchev–Trinajstić information content (AvgIpc) is 3.55.